The van der Waals surface area contributed by atoms with Crippen molar-refractivity contribution in [2.45, 2.75) is 58.4 Å². The van der Waals surface area contributed by atoms with Gasteiger partial charge in [-0.25, -0.2) is 0 Å². The lowest BCUT2D eigenvalue weighted by molar-refractivity contribution is -0.116. The highest BCUT2D eigenvalue weighted by atomic mass is 79.9. The number of halogens is 2. The Morgan fingerprint density at radius 3 is 2.48 bits per heavy atom. The van der Waals surface area contributed by atoms with Crippen LogP contribution in [0.2, 0.25) is 23.2 Å². The van der Waals surface area contributed by atoms with Crippen molar-refractivity contribution in [3.63, 3.8) is 0 Å². The molecule has 0 aliphatic carbocycles. The Morgan fingerprint density at radius 1 is 1.32 bits per heavy atom. The van der Waals surface area contributed by atoms with Gasteiger partial charge in [-0.3, -0.25) is 4.79 Å². The number of carbonyl (C=O) groups excluding carboxylic acids is 1. The van der Waals surface area contributed by atoms with Gasteiger partial charge in [0.1, 0.15) is 5.75 Å². The summed E-state index contributed by atoms with van der Waals surface area (Å²) >= 11 is 9.67. The SMILES string of the molecule is COc1cc(NC(=O)CCCBr)c(Cl)cc1CO[Si](C)(C)C(C)(C)C. The van der Waals surface area contributed by atoms with E-state index >= 15 is 0 Å². The Bertz CT molecular complexity index is 603. The average molecular weight is 451 g/mol. The summed E-state index contributed by atoms with van der Waals surface area (Å²) in [6, 6.07) is 3.58. The molecule has 0 saturated carbocycles. The van der Waals surface area contributed by atoms with E-state index in [1.165, 1.54) is 0 Å². The molecule has 0 aliphatic heterocycles. The zero-order valence-electron chi connectivity index (χ0n) is 16.0. The van der Waals surface area contributed by atoms with Crippen molar-refractivity contribution in [3.8, 4) is 5.75 Å². The molecular formula is C18H29BrClNO3Si. The number of anilines is 1. The lowest BCUT2D eigenvalue weighted by Crippen LogP contribution is -2.40. The molecule has 1 aromatic rings. The third-order valence-corrected chi connectivity index (χ3v) is 9.93. The highest BCUT2D eigenvalue weighted by Crippen LogP contribution is 2.38. The minimum atomic E-state index is -1.87. The second kappa shape index (κ2) is 9.40. The van der Waals surface area contributed by atoms with Gasteiger partial charge in [-0.1, -0.05) is 48.3 Å². The summed E-state index contributed by atoms with van der Waals surface area (Å²) in [5.41, 5.74) is 1.45. The second-order valence-corrected chi connectivity index (χ2v) is 13.5. The zero-order chi connectivity index (χ0) is 19.3. The van der Waals surface area contributed by atoms with Crippen LogP contribution in [0.4, 0.5) is 5.69 Å². The molecule has 1 aromatic carbocycles. The van der Waals surface area contributed by atoms with Gasteiger partial charge in [0.15, 0.2) is 8.32 Å². The summed E-state index contributed by atoms with van der Waals surface area (Å²) in [6.45, 7) is 11.5. The number of hydrogen-bond acceptors (Lipinski definition) is 3. The van der Waals surface area contributed by atoms with E-state index in [-0.39, 0.29) is 10.9 Å². The Kier molecular flexibility index (Phi) is 8.45. The fourth-order valence-electron chi connectivity index (χ4n) is 1.91. The summed E-state index contributed by atoms with van der Waals surface area (Å²) in [4.78, 5) is 11.9. The molecule has 1 rings (SSSR count). The molecule has 25 heavy (non-hydrogen) atoms. The smallest absolute Gasteiger partial charge is 0.224 e. The standard InChI is InChI=1S/C18H29BrClNO3Si/c1-18(2,3)25(5,6)24-12-13-10-14(20)15(11-16(13)23-4)21-17(22)8-7-9-19/h10-11H,7-9,12H2,1-6H3,(H,21,22). The number of amides is 1. The summed E-state index contributed by atoms with van der Waals surface area (Å²) in [5.74, 6) is 0.604. The van der Waals surface area contributed by atoms with Crippen LogP contribution in [-0.2, 0) is 15.8 Å². The van der Waals surface area contributed by atoms with E-state index in [1.807, 2.05) is 6.07 Å². The number of rotatable bonds is 8. The zero-order valence-corrected chi connectivity index (χ0v) is 19.3. The molecule has 1 amide bonds. The second-order valence-electron chi connectivity index (χ2n) is 7.53. The van der Waals surface area contributed by atoms with Gasteiger partial charge in [-0.15, -0.1) is 0 Å². The van der Waals surface area contributed by atoms with Crippen molar-refractivity contribution in [1.82, 2.24) is 0 Å². The first kappa shape index (κ1) is 22.5. The van der Waals surface area contributed by atoms with Gasteiger partial charge < -0.3 is 14.5 Å². The Morgan fingerprint density at radius 2 is 1.96 bits per heavy atom. The van der Waals surface area contributed by atoms with Crippen LogP contribution in [-0.4, -0.2) is 26.7 Å². The molecule has 0 aliphatic rings. The van der Waals surface area contributed by atoms with Gasteiger partial charge >= 0.3 is 0 Å². The number of alkyl halides is 1. The number of carbonyl (C=O) groups is 1. The minimum absolute atomic E-state index is 0.0614. The van der Waals surface area contributed by atoms with Gasteiger partial charge in [0.2, 0.25) is 5.91 Å². The lowest BCUT2D eigenvalue weighted by Gasteiger charge is -2.36. The van der Waals surface area contributed by atoms with Crippen LogP contribution >= 0.6 is 27.5 Å². The summed E-state index contributed by atoms with van der Waals surface area (Å²) in [7, 11) is -0.262. The highest BCUT2D eigenvalue weighted by molar-refractivity contribution is 9.09. The van der Waals surface area contributed by atoms with Crippen molar-refractivity contribution in [1.29, 1.82) is 0 Å². The predicted molar refractivity (Wildman–Crippen MR) is 112 cm³/mol. The van der Waals surface area contributed by atoms with Gasteiger partial charge in [0, 0.05) is 23.4 Å². The van der Waals surface area contributed by atoms with E-state index in [0.717, 1.165) is 17.3 Å². The van der Waals surface area contributed by atoms with Gasteiger partial charge in [0.05, 0.1) is 24.4 Å². The molecule has 0 heterocycles. The van der Waals surface area contributed by atoms with Crippen LogP contribution in [0.3, 0.4) is 0 Å². The van der Waals surface area contributed by atoms with Crippen molar-refractivity contribution >= 4 is 47.4 Å². The number of benzene rings is 1. The van der Waals surface area contributed by atoms with Crippen molar-refractivity contribution in [3.05, 3.63) is 22.7 Å². The van der Waals surface area contributed by atoms with Crippen molar-refractivity contribution in [2.75, 3.05) is 17.8 Å². The number of ether oxygens (including phenoxy) is 1. The van der Waals surface area contributed by atoms with Gasteiger partial charge in [-0.05, 0) is 30.6 Å². The number of nitrogens with one attached hydrogen (secondary N) is 1. The Balaban J connectivity index is 2.93. The van der Waals surface area contributed by atoms with E-state index in [9.17, 15) is 4.79 Å². The molecule has 0 unspecified atom stereocenters. The number of methoxy groups -OCH3 is 1. The lowest BCUT2D eigenvalue weighted by atomic mass is 10.2. The maximum Gasteiger partial charge on any atom is 0.224 e. The molecule has 0 spiro atoms. The van der Waals surface area contributed by atoms with E-state index in [2.05, 4.69) is 55.1 Å². The van der Waals surface area contributed by atoms with E-state index in [0.29, 0.717) is 29.5 Å². The van der Waals surface area contributed by atoms with Crippen molar-refractivity contribution < 1.29 is 14.0 Å². The van der Waals surface area contributed by atoms with Gasteiger partial charge in [0.25, 0.3) is 0 Å². The van der Waals surface area contributed by atoms with Crippen LogP contribution in [0.15, 0.2) is 12.1 Å². The van der Waals surface area contributed by atoms with Crippen LogP contribution in [0, 0.1) is 0 Å². The van der Waals surface area contributed by atoms with Crippen LogP contribution < -0.4 is 10.1 Å². The number of hydrogen-bond donors (Lipinski definition) is 1. The Labute approximate surface area is 165 Å². The highest BCUT2D eigenvalue weighted by Gasteiger charge is 2.37. The topological polar surface area (TPSA) is 47.6 Å². The molecule has 0 aromatic heterocycles. The van der Waals surface area contributed by atoms with E-state index in [1.54, 1.807) is 13.2 Å². The van der Waals surface area contributed by atoms with E-state index in [4.69, 9.17) is 20.8 Å². The maximum atomic E-state index is 11.9. The van der Waals surface area contributed by atoms with Crippen LogP contribution in [0.25, 0.3) is 0 Å². The molecular weight excluding hydrogens is 422 g/mol. The molecule has 0 bridgehead atoms. The fraction of sp³-hybridized carbons (Fsp3) is 0.611. The van der Waals surface area contributed by atoms with Crippen LogP contribution in [0.1, 0.15) is 39.2 Å². The molecule has 4 nitrogen and oxygen atoms in total. The fourth-order valence-corrected chi connectivity index (χ4v) is 3.37. The molecule has 142 valence electrons. The van der Waals surface area contributed by atoms with Crippen molar-refractivity contribution in [2.24, 2.45) is 0 Å². The predicted octanol–water partition coefficient (Wildman–Crippen LogP) is 5.98. The third-order valence-electron chi connectivity index (χ3n) is 4.58. The monoisotopic (exact) mass is 449 g/mol. The van der Waals surface area contributed by atoms with Crippen LogP contribution in [0.5, 0.6) is 5.75 Å². The largest absolute Gasteiger partial charge is 0.496 e. The summed E-state index contributed by atoms with van der Waals surface area (Å²) in [5, 5.41) is 4.25. The maximum absolute atomic E-state index is 11.9. The molecule has 0 fully saturated rings. The molecule has 0 radical (unpaired) electrons. The first-order chi connectivity index (χ1) is 11.5. The molecule has 1 N–H and O–H groups in total. The average Bonchev–Trinajstić information content (AvgIpc) is 2.51. The first-order valence-electron chi connectivity index (χ1n) is 8.38. The quantitative estimate of drug-likeness (QED) is 0.391. The minimum Gasteiger partial charge on any atom is -0.496 e. The molecule has 0 atom stereocenters. The Hall–Kier alpha value is -0.563. The summed E-state index contributed by atoms with van der Waals surface area (Å²) < 4.78 is 11.7. The third kappa shape index (κ3) is 6.59. The van der Waals surface area contributed by atoms with Gasteiger partial charge in [-0.2, -0.15) is 0 Å². The molecule has 0 saturated heterocycles. The normalized spacial score (nSPS) is 12.2. The summed E-state index contributed by atoms with van der Waals surface area (Å²) in [6.07, 6.45) is 1.22. The first-order valence-corrected chi connectivity index (χ1v) is 12.8. The molecule has 7 heteroatoms. The van der Waals surface area contributed by atoms with E-state index < -0.39 is 8.32 Å².